The van der Waals surface area contributed by atoms with Crippen LogP contribution in [0.1, 0.15) is 17.5 Å². The van der Waals surface area contributed by atoms with Gasteiger partial charge in [-0.3, -0.25) is 0 Å². The van der Waals surface area contributed by atoms with Crippen molar-refractivity contribution in [2.75, 3.05) is 6.54 Å². The van der Waals surface area contributed by atoms with Crippen LogP contribution in [-0.2, 0) is 0 Å². The maximum Gasteiger partial charge on any atom is 0.0750 e. The zero-order chi connectivity index (χ0) is 9.97. The second-order valence-electron chi connectivity index (χ2n) is 3.34. The molecular weight excluding hydrogens is 178 g/mol. The molecule has 4 heteroatoms. The van der Waals surface area contributed by atoms with Crippen LogP contribution in [-0.4, -0.2) is 17.4 Å². The molecule has 4 nitrogen and oxygen atoms in total. The summed E-state index contributed by atoms with van der Waals surface area (Å²) in [5, 5.41) is 8.04. The van der Waals surface area contributed by atoms with E-state index in [2.05, 4.69) is 10.4 Å². The molecule has 0 N–H and O–H groups in total. The fourth-order valence-electron chi connectivity index (χ4n) is 1.45. The molecule has 0 aliphatic carbocycles. The fourth-order valence-corrected chi connectivity index (χ4v) is 1.45. The molecule has 0 spiro atoms. The van der Waals surface area contributed by atoms with Gasteiger partial charge in [0.15, 0.2) is 0 Å². The van der Waals surface area contributed by atoms with Gasteiger partial charge in [-0.1, -0.05) is 29.8 Å². The molecule has 1 aromatic rings. The van der Waals surface area contributed by atoms with Crippen molar-refractivity contribution in [2.45, 2.75) is 13.3 Å². The normalized spacial score (nSPS) is 15.5. The quantitative estimate of drug-likeness (QED) is 0.668. The van der Waals surface area contributed by atoms with Gasteiger partial charge in [-0.05, 0) is 12.5 Å². The Morgan fingerprint density at radius 1 is 1.36 bits per heavy atom. The molecule has 1 aromatic carbocycles. The van der Waals surface area contributed by atoms with E-state index in [1.165, 1.54) is 10.7 Å². The summed E-state index contributed by atoms with van der Waals surface area (Å²) in [5.74, 6) is 0. The molecule has 0 aromatic heterocycles. The summed E-state index contributed by atoms with van der Waals surface area (Å²) in [4.78, 5) is 10.2. The molecule has 1 aliphatic heterocycles. The van der Waals surface area contributed by atoms with Crippen LogP contribution in [0.4, 0.5) is 0 Å². The number of nitroso groups, excluding NO2 is 1. The predicted molar refractivity (Wildman–Crippen MR) is 54.8 cm³/mol. The fraction of sp³-hybridized carbons (Fsp3) is 0.300. The molecule has 0 atom stereocenters. The monoisotopic (exact) mass is 189 g/mol. The summed E-state index contributed by atoms with van der Waals surface area (Å²) in [5.41, 5.74) is 3.23. The molecule has 0 fully saturated rings. The third-order valence-electron chi connectivity index (χ3n) is 2.26. The molecule has 0 saturated carbocycles. The topological polar surface area (TPSA) is 45.0 Å². The van der Waals surface area contributed by atoms with Crippen molar-refractivity contribution in [3.05, 3.63) is 40.3 Å². The zero-order valence-electron chi connectivity index (χ0n) is 7.97. The van der Waals surface area contributed by atoms with Crippen LogP contribution in [0.3, 0.4) is 0 Å². The molecule has 1 aliphatic rings. The van der Waals surface area contributed by atoms with E-state index in [-0.39, 0.29) is 0 Å². The Labute approximate surface area is 82.2 Å². The van der Waals surface area contributed by atoms with Gasteiger partial charge in [-0.2, -0.15) is 5.10 Å². The molecule has 1 heterocycles. The highest BCUT2D eigenvalue weighted by atomic mass is 16.3. The van der Waals surface area contributed by atoms with Crippen molar-refractivity contribution in [1.29, 1.82) is 0 Å². The first kappa shape index (κ1) is 8.87. The summed E-state index contributed by atoms with van der Waals surface area (Å²) in [6.45, 7) is 2.63. The maximum atomic E-state index is 10.2. The minimum Gasteiger partial charge on any atom is -0.157 e. The summed E-state index contributed by atoms with van der Waals surface area (Å²) in [7, 11) is 0. The van der Waals surface area contributed by atoms with E-state index in [9.17, 15) is 4.91 Å². The number of rotatable bonds is 2. The Kier molecular flexibility index (Phi) is 2.26. The van der Waals surface area contributed by atoms with E-state index in [1.807, 2.05) is 31.2 Å². The van der Waals surface area contributed by atoms with Crippen molar-refractivity contribution in [2.24, 2.45) is 10.4 Å². The smallest absolute Gasteiger partial charge is 0.0750 e. The van der Waals surface area contributed by atoms with E-state index in [0.29, 0.717) is 6.54 Å². The highest BCUT2D eigenvalue weighted by molar-refractivity contribution is 6.01. The minimum absolute atomic E-state index is 0.590. The first-order valence-electron chi connectivity index (χ1n) is 4.55. The van der Waals surface area contributed by atoms with Crippen molar-refractivity contribution in [3.63, 3.8) is 0 Å². The average Bonchev–Trinajstić information content (AvgIpc) is 2.67. The summed E-state index contributed by atoms with van der Waals surface area (Å²) < 4.78 is 0. The van der Waals surface area contributed by atoms with E-state index >= 15 is 0 Å². The van der Waals surface area contributed by atoms with Crippen LogP contribution >= 0.6 is 0 Å². The minimum atomic E-state index is 0.590. The lowest BCUT2D eigenvalue weighted by molar-refractivity contribution is 0.332. The number of hydrogen-bond acceptors (Lipinski definition) is 3. The SMILES string of the molecule is Cc1ccc(C2=NN(N=O)CC2)cc1. The van der Waals surface area contributed by atoms with Crippen LogP contribution in [0.2, 0.25) is 0 Å². The second-order valence-corrected chi connectivity index (χ2v) is 3.34. The van der Waals surface area contributed by atoms with Gasteiger partial charge in [0.05, 0.1) is 17.5 Å². The molecule has 0 amide bonds. The van der Waals surface area contributed by atoms with Gasteiger partial charge < -0.3 is 0 Å². The second kappa shape index (κ2) is 3.57. The Balaban J connectivity index is 2.24. The number of benzene rings is 1. The van der Waals surface area contributed by atoms with Gasteiger partial charge in [-0.25, -0.2) is 0 Å². The molecule has 14 heavy (non-hydrogen) atoms. The Morgan fingerprint density at radius 2 is 2.07 bits per heavy atom. The van der Waals surface area contributed by atoms with Gasteiger partial charge in [0.1, 0.15) is 0 Å². The third kappa shape index (κ3) is 1.64. The largest absolute Gasteiger partial charge is 0.157 e. The highest BCUT2D eigenvalue weighted by Gasteiger charge is 2.15. The predicted octanol–water partition coefficient (Wildman–Crippen LogP) is 2.09. The lowest BCUT2D eigenvalue weighted by Crippen LogP contribution is -2.02. The van der Waals surface area contributed by atoms with E-state index in [1.54, 1.807) is 0 Å². The van der Waals surface area contributed by atoms with Crippen LogP contribution < -0.4 is 0 Å². The summed E-state index contributed by atoms with van der Waals surface area (Å²) in [6, 6.07) is 8.11. The highest BCUT2D eigenvalue weighted by Crippen LogP contribution is 2.14. The van der Waals surface area contributed by atoms with Gasteiger partial charge >= 0.3 is 0 Å². The molecule has 72 valence electrons. The third-order valence-corrected chi connectivity index (χ3v) is 2.26. The standard InChI is InChI=1S/C10H11N3O/c1-8-2-4-9(5-3-8)10-6-7-13(11-10)12-14/h2-5H,6-7H2,1H3. The van der Waals surface area contributed by atoms with E-state index in [4.69, 9.17) is 0 Å². The van der Waals surface area contributed by atoms with Gasteiger partial charge in [-0.15, -0.1) is 10.0 Å². The molecule has 0 bridgehead atoms. The van der Waals surface area contributed by atoms with E-state index < -0.39 is 0 Å². The molecule has 0 radical (unpaired) electrons. The molecule has 0 saturated heterocycles. The lowest BCUT2D eigenvalue weighted by atomic mass is 10.1. The van der Waals surface area contributed by atoms with E-state index in [0.717, 1.165) is 17.7 Å². The number of aryl methyl sites for hydroxylation is 1. The maximum absolute atomic E-state index is 10.2. The first-order valence-corrected chi connectivity index (χ1v) is 4.55. The Bertz CT molecular complexity index is 369. The zero-order valence-corrected chi connectivity index (χ0v) is 7.97. The Morgan fingerprint density at radius 3 is 2.64 bits per heavy atom. The number of hydrogen-bond donors (Lipinski definition) is 0. The average molecular weight is 189 g/mol. The van der Waals surface area contributed by atoms with Gasteiger partial charge in [0, 0.05) is 6.42 Å². The van der Waals surface area contributed by atoms with Gasteiger partial charge in [0.2, 0.25) is 0 Å². The summed E-state index contributed by atoms with van der Waals surface area (Å²) in [6.07, 6.45) is 0.787. The number of nitrogens with zero attached hydrogens (tertiary/aromatic N) is 3. The van der Waals surface area contributed by atoms with Gasteiger partial charge in [0.25, 0.3) is 0 Å². The first-order chi connectivity index (χ1) is 6.79. The van der Waals surface area contributed by atoms with Crippen molar-refractivity contribution < 1.29 is 0 Å². The number of hydrazone groups is 1. The van der Waals surface area contributed by atoms with Crippen LogP contribution in [0.15, 0.2) is 34.7 Å². The van der Waals surface area contributed by atoms with Crippen LogP contribution in [0, 0.1) is 11.8 Å². The molecular formula is C10H11N3O. The van der Waals surface area contributed by atoms with Crippen molar-refractivity contribution >= 4 is 5.71 Å². The summed E-state index contributed by atoms with van der Waals surface area (Å²) >= 11 is 0. The van der Waals surface area contributed by atoms with Crippen molar-refractivity contribution in [3.8, 4) is 0 Å². The molecule has 2 rings (SSSR count). The van der Waals surface area contributed by atoms with Crippen LogP contribution in [0.5, 0.6) is 0 Å². The molecule has 0 unspecified atom stereocenters. The Hall–Kier alpha value is -1.71. The van der Waals surface area contributed by atoms with Crippen LogP contribution in [0.25, 0.3) is 0 Å². The van der Waals surface area contributed by atoms with Crippen molar-refractivity contribution in [1.82, 2.24) is 5.12 Å². The lowest BCUT2D eigenvalue weighted by Gasteiger charge is -1.99.